The number of carbonyl (C=O) groups excluding carboxylic acids is 4. The van der Waals surface area contributed by atoms with Crippen LogP contribution in [0.3, 0.4) is 0 Å². The second-order valence-electron chi connectivity index (χ2n) is 14.0. The van der Waals surface area contributed by atoms with Gasteiger partial charge in [0.2, 0.25) is 11.8 Å². The van der Waals surface area contributed by atoms with Crippen LogP contribution >= 0.6 is 0 Å². The van der Waals surface area contributed by atoms with Crippen molar-refractivity contribution >= 4 is 29.4 Å². The number of amides is 3. The molecule has 2 aromatic rings. The molecule has 0 aromatic heterocycles. The van der Waals surface area contributed by atoms with Crippen molar-refractivity contribution in [2.45, 2.75) is 82.3 Å². The molecule has 2 fully saturated rings. The number of methoxy groups -OCH3 is 1. The van der Waals surface area contributed by atoms with Gasteiger partial charge in [0.25, 0.3) is 5.91 Å². The molecule has 11 nitrogen and oxygen atoms in total. The number of aryl methyl sites for hydroxylation is 2. The minimum atomic E-state index is -1.37. The number of likely N-dealkylation sites (tertiary alicyclic amines) is 1. The molecular formula is C40H49N3O8. The van der Waals surface area contributed by atoms with Crippen molar-refractivity contribution in [3.05, 3.63) is 89.5 Å². The number of esters is 1. The van der Waals surface area contributed by atoms with Crippen molar-refractivity contribution in [1.29, 1.82) is 0 Å². The molecule has 0 aliphatic carbocycles. The zero-order valence-electron chi connectivity index (χ0n) is 29.7. The van der Waals surface area contributed by atoms with E-state index in [9.17, 15) is 19.5 Å². The first kappa shape index (κ1) is 36.5. The molecule has 6 rings (SSSR count). The largest absolute Gasteiger partial charge is 0.455 e. The minimum Gasteiger partial charge on any atom is -0.455 e. The van der Waals surface area contributed by atoms with E-state index in [1.165, 1.54) is 7.11 Å². The predicted octanol–water partition coefficient (Wildman–Crippen LogP) is 4.11. The molecule has 1 spiro atoms. The highest BCUT2D eigenvalue weighted by Crippen LogP contribution is 2.56. The Labute approximate surface area is 299 Å². The quantitative estimate of drug-likeness (QED) is 0.215. The SMILES string of the molecule is COC[C@H]1NC(=O)CC/C=C\CN(c2c(C)cccc2C)C(=O)[C@@H]2N(CCCCCCO)C(=O)[C@H]3[C@H](C(=O)O[C@@H]1c1ccccc1)[C@@H]1C=C[C@]23O1. The molecule has 272 valence electrons. The summed E-state index contributed by atoms with van der Waals surface area (Å²) in [5.74, 6) is -3.48. The number of fused-ring (bicyclic) bond motifs is 2. The van der Waals surface area contributed by atoms with E-state index in [2.05, 4.69) is 5.32 Å². The van der Waals surface area contributed by atoms with Crippen LogP contribution in [0, 0.1) is 25.7 Å². The topological polar surface area (TPSA) is 135 Å². The molecule has 0 saturated carbocycles. The summed E-state index contributed by atoms with van der Waals surface area (Å²) in [6, 6.07) is 13.3. The highest BCUT2D eigenvalue weighted by atomic mass is 16.6. The van der Waals surface area contributed by atoms with Crippen LogP contribution in [0.4, 0.5) is 5.69 Å². The number of benzene rings is 2. The van der Waals surface area contributed by atoms with Crippen molar-refractivity contribution in [3.63, 3.8) is 0 Å². The van der Waals surface area contributed by atoms with Crippen molar-refractivity contribution in [3.8, 4) is 0 Å². The lowest BCUT2D eigenvalue weighted by atomic mass is 9.74. The van der Waals surface area contributed by atoms with Crippen LogP contribution in [-0.4, -0.2) is 90.9 Å². The summed E-state index contributed by atoms with van der Waals surface area (Å²) >= 11 is 0. The lowest BCUT2D eigenvalue weighted by Gasteiger charge is -2.37. The van der Waals surface area contributed by atoms with Gasteiger partial charge in [-0.15, -0.1) is 0 Å². The first-order chi connectivity index (χ1) is 24.7. The summed E-state index contributed by atoms with van der Waals surface area (Å²) in [7, 11) is 1.52. The molecule has 4 heterocycles. The maximum atomic E-state index is 15.2. The van der Waals surface area contributed by atoms with Gasteiger partial charge in [-0.25, -0.2) is 0 Å². The fourth-order valence-electron chi connectivity index (χ4n) is 8.28. The van der Waals surface area contributed by atoms with Gasteiger partial charge < -0.3 is 34.4 Å². The van der Waals surface area contributed by atoms with Crippen LogP contribution in [-0.2, 0) is 33.4 Å². The van der Waals surface area contributed by atoms with Crippen molar-refractivity contribution in [2.75, 3.05) is 38.3 Å². The predicted molar refractivity (Wildman–Crippen MR) is 191 cm³/mol. The van der Waals surface area contributed by atoms with Gasteiger partial charge in [0, 0.05) is 38.9 Å². The van der Waals surface area contributed by atoms with Gasteiger partial charge in [-0.05, 0) is 49.8 Å². The molecule has 3 amide bonds. The number of aliphatic hydroxyl groups excluding tert-OH is 1. The van der Waals surface area contributed by atoms with Gasteiger partial charge in [0.15, 0.2) is 0 Å². The molecule has 2 saturated heterocycles. The first-order valence-corrected chi connectivity index (χ1v) is 18.1. The lowest BCUT2D eigenvalue weighted by Crippen LogP contribution is -2.56. The summed E-state index contributed by atoms with van der Waals surface area (Å²) in [6.45, 7) is 4.59. The molecule has 4 aliphatic heterocycles. The average Bonchev–Trinajstić information content (AvgIpc) is 3.76. The first-order valence-electron chi connectivity index (χ1n) is 18.1. The fraction of sp³-hybridized carbons (Fsp3) is 0.500. The normalized spacial score (nSPS) is 30.0. The number of rotatable bonds is 10. The molecule has 2 aromatic carbocycles. The zero-order valence-corrected chi connectivity index (χ0v) is 29.7. The average molecular weight is 700 g/mol. The Kier molecular flexibility index (Phi) is 11.4. The van der Waals surface area contributed by atoms with Crippen LogP contribution in [0.5, 0.6) is 0 Å². The summed E-state index contributed by atoms with van der Waals surface area (Å²) in [5.41, 5.74) is 1.85. The Morgan fingerprint density at radius 2 is 1.69 bits per heavy atom. The van der Waals surface area contributed by atoms with Gasteiger partial charge in [-0.3, -0.25) is 19.2 Å². The second kappa shape index (κ2) is 15.9. The molecule has 4 aliphatic rings. The van der Waals surface area contributed by atoms with E-state index in [0.717, 1.165) is 29.7 Å². The summed E-state index contributed by atoms with van der Waals surface area (Å²) in [6.07, 6.45) is 9.12. The van der Waals surface area contributed by atoms with E-state index in [0.29, 0.717) is 31.4 Å². The van der Waals surface area contributed by atoms with E-state index in [1.807, 2.05) is 80.6 Å². The summed E-state index contributed by atoms with van der Waals surface area (Å²) in [4.78, 5) is 60.9. The number of hydrogen-bond donors (Lipinski definition) is 2. The highest BCUT2D eigenvalue weighted by molar-refractivity contribution is 6.06. The number of hydrogen-bond acceptors (Lipinski definition) is 8. The van der Waals surface area contributed by atoms with Crippen molar-refractivity contribution in [2.24, 2.45) is 11.8 Å². The molecule has 5 bridgehead atoms. The Morgan fingerprint density at radius 1 is 0.941 bits per heavy atom. The zero-order chi connectivity index (χ0) is 36.1. The summed E-state index contributed by atoms with van der Waals surface area (Å²) < 4.78 is 18.5. The Morgan fingerprint density at radius 3 is 2.41 bits per heavy atom. The van der Waals surface area contributed by atoms with Gasteiger partial charge in [-0.1, -0.05) is 85.7 Å². The molecule has 0 radical (unpaired) electrons. The van der Waals surface area contributed by atoms with Crippen LogP contribution in [0.25, 0.3) is 0 Å². The number of nitrogens with zero attached hydrogens (tertiary/aromatic N) is 2. The van der Waals surface area contributed by atoms with Crippen molar-refractivity contribution < 1.29 is 38.5 Å². The van der Waals surface area contributed by atoms with E-state index in [-0.39, 0.29) is 43.9 Å². The van der Waals surface area contributed by atoms with Crippen LogP contribution < -0.4 is 10.2 Å². The smallest absolute Gasteiger partial charge is 0.313 e. The van der Waals surface area contributed by atoms with Crippen LogP contribution in [0.2, 0.25) is 0 Å². The maximum Gasteiger partial charge on any atom is 0.313 e. The van der Waals surface area contributed by atoms with Crippen molar-refractivity contribution in [1.82, 2.24) is 10.2 Å². The molecular weight excluding hydrogens is 650 g/mol. The van der Waals surface area contributed by atoms with E-state index in [1.54, 1.807) is 15.9 Å². The van der Waals surface area contributed by atoms with Gasteiger partial charge in [0.1, 0.15) is 23.7 Å². The van der Waals surface area contributed by atoms with E-state index >= 15 is 4.79 Å². The summed E-state index contributed by atoms with van der Waals surface area (Å²) in [5, 5.41) is 12.3. The van der Waals surface area contributed by atoms with Gasteiger partial charge in [0.05, 0.1) is 24.7 Å². The third kappa shape index (κ3) is 7.11. The molecule has 11 heteroatoms. The number of anilines is 1. The Hall–Kier alpha value is -4.32. The fourth-order valence-corrected chi connectivity index (χ4v) is 8.28. The number of para-hydroxylation sites is 1. The molecule has 51 heavy (non-hydrogen) atoms. The maximum absolute atomic E-state index is 15.2. The number of unbranched alkanes of at least 4 members (excludes halogenated alkanes) is 3. The number of nitrogens with one attached hydrogen (secondary N) is 1. The molecule has 0 unspecified atom stereocenters. The number of ether oxygens (including phenoxy) is 3. The van der Waals surface area contributed by atoms with Gasteiger partial charge in [-0.2, -0.15) is 0 Å². The number of allylic oxidation sites excluding steroid dienone is 1. The Bertz CT molecular complexity index is 1640. The molecule has 2 N–H and O–H groups in total. The lowest BCUT2D eigenvalue weighted by molar-refractivity contribution is -0.162. The van der Waals surface area contributed by atoms with Crippen LogP contribution in [0.1, 0.15) is 61.3 Å². The van der Waals surface area contributed by atoms with Gasteiger partial charge >= 0.3 is 5.97 Å². The second-order valence-corrected chi connectivity index (χ2v) is 14.0. The Balaban J connectivity index is 1.44. The number of cyclic esters (lactones) is 1. The van der Waals surface area contributed by atoms with Crippen LogP contribution in [0.15, 0.2) is 72.8 Å². The monoisotopic (exact) mass is 699 g/mol. The molecule has 7 atom stereocenters. The standard InChI is InChI=1S/C40H49N3O8/c1-26-15-14-16-27(2)34(26)42-22-12-7-10-19-31(45)41-29(25-49-3)35(28-17-8-6-9-18-28)50-39(48)32-30-20-21-40(51-30)33(32)37(46)43(36(40)38(42)47)23-11-4-5-13-24-44/h6-9,12,14-18,20-21,29-30,32-33,35-36,44H,4-5,10-11,13,19,22-25H2,1-3H3,(H,41,45)/b12-7-/t29-,30+,32-,33-,35-,36+,40-/m1/s1. The number of aliphatic hydroxyl groups is 1. The van der Waals surface area contributed by atoms with E-state index < -0.39 is 47.7 Å². The third-order valence-electron chi connectivity index (χ3n) is 10.6. The minimum absolute atomic E-state index is 0.0799. The van der Waals surface area contributed by atoms with E-state index in [4.69, 9.17) is 14.2 Å². The number of carbonyl (C=O) groups is 4. The highest BCUT2D eigenvalue weighted by Gasteiger charge is 2.73. The third-order valence-corrected chi connectivity index (χ3v) is 10.6.